The van der Waals surface area contributed by atoms with E-state index in [4.69, 9.17) is 8.92 Å². The van der Waals surface area contributed by atoms with Crippen LogP contribution < -0.4 is 4.74 Å². The van der Waals surface area contributed by atoms with Crippen molar-refractivity contribution in [1.82, 2.24) is 0 Å². The molecule has 1 heterocycles. The molecule has 0 radical (unpaired) electrons. The van der Waals surface area contributed by atoms with Crippen LogP contribution in [0, 0.1) is 0 Å². The number of hydrogen-bond acceptors (Lipinski definition) is 3. The van der Waals surface area contributed by atoms with Crippen LogP contribution in [0.3, 0.4) is 0 Å². The first-order chi connectivity index (χ1) is 7.25. The van der Waals surface area contributed by atoms with Crippen LogP contribution in [0.15, 0.2) is 24.3 Å². The zero-order valence-electron chi connectivity index (χ0n) is 8.64. The molecule has 0 N–H and O–H groups in total. The van der Waals surface area contributed by atoms with Gasteiger partial charge in [-0.15, -0.1) is 0 Å². The maximum Gasteiger partial charge on any atom is 0.152 e. The third kappa shape index (κ3) is 2.79. The Labute approximate surface area is 92.1 Å². The lowest BCUT2D eigenvalue weighted by Crippen LogP contribution is -2.27. The van der Waals surface area contributed by atoms with Crippen molar-refractivity contribution in [2.75, 3.05) is 12.9 Å². The first kappa shape index (κ1) is 10.6. The Morgan fingerprint density at radius 3 is 3.13 bits per heavy atom. The minimum atomic E-state index is -1.21. The topological polar surface area (TPSA) is 35.5 Å². The van der Waals surface area contributed by atoms with Gasteiger partial charge in [-0.05, 0) is 24.5 Å². The average molecular weight is 226 g/mol. The summed E-state index contributed by atoms with van der Waals surface area (Å²) in [6.07, 6.45) is 3.48. The summed E-state index contributed by atoms with van der Waals surface area (Å²) >= 11 is -1.21. The van der Waals surface area contributed by atoms with Crippen molar-refractivity contribution in [3.05, 3.63) is 29.8 Å². The molecule has 0 spiro atoms. The fraction of sp³-hybridized carbons (Fsp3) is 0.455. The molecule has 0 saturated carbocycles. The summed E-state index contributed by atoms with van der Waals surface area (Å²) in [4.78, 5) is 0. The van der Waals surface area contributed by atoms with Crippen LogP contribution in [-0.4, -0.2) is 23.2 Å². The first-order valence-electron chi connectivity index (χ1n) is 4.97. The molecule has 3 nitrogen and oxygen atoms in total. The number of benzene rings is 1. The van der Waals surface area contributed by atoms with Gasteiger partial charge in [-0.1, -0.05) is 18.2 Å². The van der Waals surface area contributed by atoms with Gasteiger partial charge >= 0.3 is 0 Å². The summed E-state index contributed by atoms with van der Waals surface area (Å²) in [5.74, 6) is 0.930. The van der Waals surface area contributed by atoms with Gasteiger partial charge in [-0.25, -0.2) is 4.21 Å². The normalized spacial score (nSPS) is 21.5. The second-order valence-corrected chi connectivity index (χ2v) is 4.61. The van der Waals surface area contributed by atoms with Crippen LogP contribution in [0.1, 0.15) is 12.0 Å². The molecule has 1 aliphatic rings. The van der Waals surface area contributed by atoms with Crippen molar-refractivity contribution in [3.63, 3.8) is 0 Å². The second kappa shape index (κ2) is 4.77. The lowest BCUT2D eigenvalue weighted by Gasteiger charge is -2.25. The fourth-order valence-electron chi connectivity index (χ4n) is 1.67. The number of aryl methyl sites for hydroxylation is 1. The number of hydrogen-bond donors (Lipinski definition) is 0. The van der Waals surface area contributed by atoms with Gasteiger partial charge in [0.15, 0.2) is 11.1 Å². The molecule has 0 fully saturated rings. The average Bonchev–Trinajstić information content (AvgIpc) is 2.26. The largest absolute Gasteiger partial charge is 0.488 e. The van der Waals surface area contributed by atoms with E-state index in [0.717, 1.165) is 18.6 Å². The van der Waals surface area contributed by atoms with Gasteiger partial charge in [0.05, 0.1) is 0 Å². The third-order valence-corrected chi connectivity index (χ3v) is 2.89. The smallest absolute Gasteiger partial charge is 0.152 e. The quantitative estimate of drug-likeness (QED) is 0.786. The molecule has 0 aromatic heterocycles. The van der Waals surface area contributed by atoms with Crippen molar-refractivity contribution < 1.29 is 13.1 Å². The zero-order valence-corrected chi connectivity index (χ0v) is 9.46. The van der Waals surface area contributed by atoms with Crippen LogP contribution in [0.4, 0.5) is 0 Å². The monoisotopic (exact) mass is 226 g/mol. The standard InChI is InChI=1S/C11H14O3S/c1-15(12)13-8-10-7-6-9-4-2-3-5-11(9)14-10/h2-5,10H,6-8H2,1H3/t10-,15?/m1/s1. The van der Waals surface area contributed by atoms with E-state index in [0.29, 0.717) is 6.61 Å². The maximum atomic E-state index is 10.8. The summed E-state index contributed by atoms with van der Waals surface area (Å²) in [6.45, 7) is 0.400. The molecule has 4 heteroatoms. The highest BCUT2D eigenvalue weighted by atomic mass is 32.2. The van der Waals surface area contributed by atoms with Gasteiger partial charge in [0.1, 0.15) is 18.5 Å². The highest BCUT2D eigenvalue weighted by Gasteiger charge is 2.19. The SMILES string of the molecule is CS(=O)OC[C@H]1CCc2ccccc2O1. The van der Waals surface area contributed by atoms with Gasteiger partial charge in [0.25, 0.3) is 0 Å². The molecule has 0 amide bonds. The Morgan fingerprint density at radius 1 is 1.53 bits per heavy atom. The van der Waals surface area contributed by atoms with Crippen LogP contribution >= 0.6 is 0 Å². The van der Waals surface area contributed by atoms with Crippen molar-refractivity contribution >= 4 is 11.1 Å². The van der Waals surface area contributed by atoms with E-state index in [2.05, 4.69) is 6.07 Å². The molecule has 82 valence electrons. The van der Waals surface area contributed by atoms with E-state index >= 15 is 0 Å². The number of para-hydroxylation sites is 1. The first-order valence-corrected chi connectivity index (χ1v) is 6.45. The predicted octanol–water partition coefficient (Wildman–Crippen LogP) is 1.69. The molecule has 1 aliphatic heterocycles. The fourth-order valence-corrected chi connectivity index (χ4v) is 2.01. The lowest BCUT2D eigenvalue weighted by atomic mass is 10.0. The number of fused-ring (bicyclic) bond motifs is 1. The summed E-state index contributed by atoms with van der Waals surface area (Å²) in [5.41, 5.74) is 1.24. The molecule has 0 aliphatic carbocycles. The lowest BCUT2D eigenvalue weighted by molar-refractivity contribution is 0.117. The Balaban J connectivity index is 1.96. The highest BCUT2D eigenvalue weighted by Crippen LogP contribution is 2.26. The summed E-state index contributed by atoms with van der Waals surface area (Å²) in [7, 11) is 0. The molecule has 1 unspecified atom stereocenters. The molecule has 1 aromatic rings. The van der Waals surface area contributed by atoms with Crippen LogP contribution in [0.5, 0.6) is 5.75 Å². The van der Waals surface area contributed by atoms with E-state index in [-0.39, 0.29) is 6.10 Å². The molecule has 15 heavy (non-hydrogen) atoms. The Bertz CT molecular complexity index is 365. The molecule has 0 bridgehead atoms. The molecular weight excluding hydrogens is 212 g/mol. The van der Waals surface area contributed by atoms with Crippen LogP contribution in [0.25, 0.3) is 0 Å². The Hall–Kier alpha value is -0.870. The van der Waals surface area contributed by atoms with Crippen molar-refractivity contribution in [2.45, 2.75) is 18.9 Å². The molecule has 1 aromatic carbocycles. The van der Waals surface area contributed by atoms with Gasteiger partial charge < -0.3 is 4.74 Å². The van der Waals surface area contributed by atoms with E-state index in [1.807, 2.05) is 18.2 Å². The number of rotatable bonds is 3. The van der Waals surface area contributed by atoms with Gasteiger partial charge in [0.2, 0.25) is 0 Å². The van der Waals surface area contributed by atoms with E-state index in [1.54, 1.807) is 0 Å². The summed E-state index contributed by atoms with van der Waals surface area (Å²) in [6, 6.07) is 8.01. The zero-order chi connectivity index (χ0) is 10.7. The highest BCUT2D eigenvalue weighted by molar-refractivity contribution is 7.79. The predicted molar refractivity (Wildman–Crippen MR) is 59.2 cm³/mol. The maximum absolute atomic E-state index is 10.8. The Kier molecular flexibility index (Phi) is 3.38. The van der Waals surface area contributed by atoms with E-state index in [1.165, 1.54) is 11.8 Å². The van der Waals surface area contributed by atoms with Crippen molar-refractivity contribution in [3.8, 4) is 5.75 Å². The minimum absolute atomic E-state index is 0.0313. The Morgan fingerprint density at radius 2 is 2.33 bits per heavy atom. The summed E-state index contributed by atoms with van der Waals surface area (Å²) < 4.78 is 21.5. The molecular formula is C11H14O3S. The summed E-state index contributed by atoms with van der Waals surface area (Å²) in [5, 5.41) is 0. The van der Waals surface area contributed by atoms with Crippen molar-refractivity contribution in [1.29, 1.82) is 0 Å². The van der Waals surface area contributed by atoms with E-state index < -0.39 is 11.1 Å². The molecule has 0 saturated heterocycles. The molecule has 2 atom stereocenters. The van der Waals surface area contributed by atoms with Crippen molar-refractivity contribution in [2.24, 2.45) is 0 Å². The van der Waals surface area contributed by atoms with Gasteiger partial charge in [0, 0.05) is 6.26 Å². The van der Waals surface area contributed by atoms with Gasteiger partial charge in [-0.3, -0.25) is 4.18 Å². The second-order valence-electron chi connectivity index (χ2n) is 3.57. The number of ether oxygens (including phenoxy) is 1. The molecule has 2 rings (SSSR count). The van der Waals surface area contributed by atoms with Gasteiger partial charge in [-0.2, -0.15) is 0 Å². The van der Waals surface area contributed by atoms with Crippen LogP contribution in [0.2, 0.25) is 0 Å². The van der Waals surface area contributed by atoms with Crippen LogP contribution in [-0.2, 0) is 21.7 Å². The van der Waals surface area contributed by atoms with E-state index in [9.17, 15) is 4.21 Å². The third-order valence-electron chi connectivity index (χ3n) is 2.42. The minimum Gasteiger partial charge on any atom is -0.488 e.